The van der Waals surface area contributed by atoms with E-state index in [1.807, 2.05) is 35.2 Å². The van der Waals surface area contributed by atoms with Gasteiger partial charge in [-0.1, -0.05) is 24.3 Å². The fourth-order valence-electron chi connectivity index (χ4n) is 5.64. The van der Waals surface area contributed by atoms with Crippen LogP contribution in [0.5, 0.6) is 0 Å². The van der Waals surface area contributed by atoms with Crippen molar-refractivity contribution in [2.45, 2.75) is 19.0 Å². The molecule has 3 aromatic rings. The second-order valence-electron chi connectivity index (χ2n) is 8.95. The number of benzene rings is 2. The first-order valence-corrected chi connectivity index (χ1v) is 11.8. The number of hydrogen-bond acceptors (Lipinski definition) is 7. The Kier molecular flexibility index (Phi) is 5.10. The van der Waals surface area contributed by atoms with Gasteiger partial charge in [-0.25, -0.2) is 9.69 Å². The van der Waals surface area contributed by atoms with E-state index in [1.54, 1.807) is 37.4 Å². The molecule has 0 aliphatic carbocycles. The number of Topliss-reactive ketones (excluding diaryl/α,β-unsaturated/α-hetero) is 1. The molecule has 0 spiro atoms. The summed E-state index contributed by atoms with van der Waals surface area (Å²) in [5.74, 6) is -3.14. The Bertz CT molecular complexity index is 1410. The number of furan rings is 1. The average Bonchev–Trinajstić information content (AvgIpc) is 3.60. The van der Waals surface area contributed by atoms with Gasteiger partial charge < -0.3 is 14.1 Å². The quantitative estimate of drug-likeness (QED) is 0.310. The zero-order chi connectivity index (χ0) is 25.0. The highest BCUT2D eigenvalue weighted by molar-refractivity contribution is 6.24. The Hall–Kier alpha value is -4.46. The zero-order valence-electron chi connectivity index (χ0n) is 19.4. The Morgan fingerprint density at radius 1 is 0.944 bits per heavy atom. The lowest BCUT2D eigenvalue weighted by Gasteiger charge is -2.35. The maximum absolute atomic E-state index is 13.9. The van der Waals surface area contributed by atoms with E-state index < -0.39 is 35.8 Å². The number of imide groups is 1. The second-order valence-corrected chi connectivity index (χ2v) is 8.95. The van der Waals surface area contributed by atoms with Crippen LogP contribution in [0.3, 0.4) is 0 Å². The van der Waals surface area contributed by atoms with Crippen molar-refractivity contribution in [3.05, 3.63) is 95.6 Å². The van der Waals surface area contributed by atoms with Crippen LogP contribution in [0, 0.1) is 11.8 Å². The number of fused-ring (bicyclic) bond motifs is 5. The van der Waals surface area contributed by atoms with Crippen LogP contribution in [0.15, 0.2) is 77.5 Å². The lowest BCUT2D eigenvalue weighted by Crippen LogP contribution is -2.44. The number of rotatable bonds is 5. The molecule has 8 heteroatoms. The first kappa shape index (κ1) is 22.0. The molecule has 6 rings (SSSR count). The Balaban J connectivity index is 1.42. The van der Waals surface area contributed by atoms with Crippen LogP contribution < -0.4 is 4.90 Å². The van der Waals surface area contributed by atoms with Crippen molar-refractivity contribution in [3.63, 3.8) is 0 Å². The van der Waals surface area contributed by atoms with Crippen LogP contribution in [-0.4, -0.2) is 41.1 Å². The van der Waals surface area contributed by atoms with E-state index in [-0.39, 0.29) is 24.1 Å². The van der Waals surface area contributed by atoms with Gasteiger partial charge in [0, 0.05) is 6.20 Å². The van der Waals surface area contributed by atoms with Gasteiger partial charge in [0.25, 0.3) is 0 Å². The summed E-state index contributed by atoms with van der Waals surface area (Å²) < 4.78 is 10.4. The molecular formula is C28H22N2O6. The van der Waals surface area contributed by atoms with Gasteiger partial charge in [0.1, 0.15) is 6.04 Å². The number of nitrogens with zero attached hydrogens (tertiary/aromatic N) is 2. The molecule has 0 saturated carbocycles. The molecule has 3 aliphatic rings. The fraction of sp³-hybridized carbons (Fsp3) is 0.214. The number of ether oxygens (including phenoxy) is 1. The highest BCUT2D eigenvalue weighted by atomic mass is 16.5. The van der Waals surface area contributed by atoms with Gasteiger partial charge in [0.2, 0.25) is 17.6 Å². The molecule has 2 aromatic carbocycles. The van der Waals surface area contributed by atoms with Gasteiger partial charge in [-0.2, -0.15) is 0 Å². The van der Waals surface area contributed by atoms with E-state index in [0.29, 0.717) is 11.3 Å². The van der Waals surface area contributed by atoms with E-state index in [4.69, 9.17) is 9.15 Å². The van der Waals surface area contributed by atoms with E-state index in [9.17, 15) is 19.2 Å². The first-order valence-electron chi connectivity index (χ1n) is 11.8. The van der Waals surface area contributed by atoms with Crippen molar-refractivity contribution in [2.75, 3.05) is 11.5 Å². The molecule has 3 aliphatic heterocycles. The van der Waals surface area contributed by atoms with Crippen LogP contribution in [0.4, 0.5) is 5.69 Å². The fourth-order valence-corrected chi connectivity index (χ4v) is 5.64. The molecular weight excluding hydrogens is 460 g/mol. The molecule has 1 aromatic heterocycles. The summed E-state index contributed by atoms with van der Waals surface area (Å²) in [4.78, 5) is 56.3. The highest BCUT2D eigenvalue weighted by Crippen LogP contribution is 2.53. The van der Waals surface area contributed by atoms with Crippen molar-refractivity contribution in [2.24, 2.45) is 11.8 Å². The molecule has 4 heterocycles. The highest BCUT2D eigenvalue weighted by Gasteiger charge is 2.64. The maximum atomic E-state index is 13.9. The van der Waals surface area contributed by atoms with Gasteiger partial charge in [-0.15, -0.1) is 0 Å². The molecule has 2 fully saturated rings. The van der Waals surface area contributed by atoms with Crippen molar-refractivity contribution >= 4 is 35.3 Å². The molecule has 0 radical (unpaired) electrons. The molecule has 1 unspecified atom stereocenters. The Labute approximate surface area is 206 Å². The number of ketones is 1. The molecule has 180 valence electrons. The molecule has 0 N–H and O–H groups in total. The third-order valence-electron chi connectivity index (χ3n) is 7.13. The largest absolute Gasteiger partial charge is 0.462 e. The van der Waals surface area contributed by atoms with Gasteiger partial charge in [0.15, 0.2) is 5.76 Å². The summed E-state index contributed by atoms with van der Waals surface area (Å²) in [7, 11) is 0. The third-order valence-corrected chi connectivity index (χ3v) is 7.13. The van der Waals surface area contributed by atoms with E-state index in [0.717, 1.165) is 16.0 Å². The maximum Gasteiger partial charge on any atom is 0.338 e. The summed E-state index contributed by atoms with van der Waals surface area (Å²) in [5, 5.41) is 0. The monoisotopic (exact) mass is 482 g/mol. The zero-order valence-corrected chi connectivity index (χ0v) is 19.4. The number of esters is 1. The van der Waals surface area contributed by atoms with Crippen LogP contribution in [0.2, 0.25) is 0 Å². The van der Waals surface area contributed by atoms with Gasteiger partial charge in [0.05, 0.1) is 42.0 Å². The first-order chi connectivity index (χ1) is 17.5. The minimum atomic E-state index is -0.893. The average molecular weight is 482 g/mol. The van der Waals surface area contributed by atoms with Crippen molar-refractivity contribution in [1.82, 2.24) is 4.90 Å². The minimum absolute atomic E-state index is 0.143. The third kappa shape index (κ3) is 3.14. The lowest BCUT2D eigenvalue weighted by atomic mass is 9.84. The molecule has 2 saturated heterocycles. The number of amides is 2. The van der Waals surface area contributed by atoms with Crippen LogP contribution in [0.25, 0.3) is 6.08 Å². The number of anilines is 1. The van der Waals surface area contributed by atoms with Gasteiger partial charge >= 0.3 is 5.97 Å². The van der Waals surface area contributed by atoms with Gasteiger partial charge in [-0.05, 0) is 60.5 Å². The molecule has 2 amide bonds. The van der Waals surface area contributed by atoms with E-state index in [2.05, 4.69) is 0 Å². The Morgan fingerprint density at radius 3 is 2.42 bits per heavy atom. The van der Waals surface area contributed by atoms with E-state index in [1.165, 1.54) is 18.4 Å². The minimum Gasteiger partial charge on any atom is -0.462 e. The van der Waals surface area contributed by atoms with E-state index >= 15 is 0 Å². The summed E-state index contributed by atoms with van der Waals surface area (Å²) in [6, 6.07) is 15.7. The van der Waals surface area contributed by atoms with Crippen LogP contribution in [0.1, 0.15) is 45.0 Å². The predicted octanol–water partition coefficient (Wildman–Crippen LogP) is 3.85. The molecule has 4 atom stereocenters. The Morgan fingerprint density at radius 2 is 1.69 bits per heavy atom. The molecule has 36 heavy (non-hydrogen) atoms. The summed E-state index contributed by atoms with van der Waals surface area (Å²) in [6.45, 7) is 1.96. The summed E-state index contributed by atoms with van der Waals surface area (Å²) in [5.41, 5.74) is 2.51. The number of hydrogen-bond donors (Lipinski definition) is 0. The van der Waals surface area contributed by atoms with Crippen molar-refractivity contribution < 1.29 is 28.3 Å². The number of carbonyl (C=O) groups is 4. The SMILES string of the molecule is CCOC(=O)c1ccc(N2C(=O)[C@@H]3[C@H](C2=O)C2c4ccccc4C=CN2[C@@H]3C(=O)c2ccco2)cc1. The van der Waals surface area contributed by atoms with Crippen molar-refractivity contribution in [1.29, 1.82) is 0 Å². The second kappa shape index (κ2) is 8.34. The molecule has 8 nitrogen and oxygen atoms in total. The normalized spacial score (nSPS) is 23.9. The molecule has 0 bridgehead atoms. The smallest absolute Gasteiger partial charge is 0.338 e. The van der Waals surface area contributed by atoms with Crippen LogP contribution >= 0.6 is 0 Å². The summed E-state index contributed by atoms with van der Waals surface area (Å²) >= 11 is 0. The van der Waals surface area contributed by atoms with Crippen molar-refractivity contribution in [3.8, 4) is 0 Å². The lowest BCUT2D eigenvalue weighted by molar-refractivity contribution is -0.123. The van der Waals surface area contributed by atoms with Gasteiger partial charge in [-0.3, -0.25) is 14.4 Å². The number of carbonyl (C=O) groups excluding carboxylic acids is 4. The predicted molar refractivity (Wildman–Crippen MR) is 129 cm³/mol. The van der Waals surface area contributed by atoms with Crippen LogP contribution in [-0.2, 0) is 14.3 Å². The summed E-state index contributed by atoms with van der Waals surface area (Å²) in [6.07, 6.45) is 5.11. The standard InChI is InChI=1S/C28H22N2O6/c1-2-35-28(34)17-9-11-18(12-10-17)30-26(32)21-22(27(30)33)24(25(31)20-8-5-15-36-20)29-14-13-16-6-3-4-7-19(16)23(21)29/h3-15,21-24H,2H2,1H3/t21-,22+,23?,24-/m0/s1. The topological polar surface area (TPSA) is 97.1 Å².